The highest BCUT2D eigenvalue weighted by Gasteiger charge is 2.29. The van der Waals surface area contributed by atoms with Gasteiger partial charge in [0.25, 0.3) is 15.9 Å². The average molecular weight is 497 g/mol. The summed E-state index contributed by atoms with van der Waals surface area (Å²) in [4.78, 5) is 19.4. The van der Waals surface area contributed by atoms with Crippen LogP contribution in [0.3, 0.4) is 0 Å². The number of benzene rings is 2. The molecule has 184 valence electrons. The Hall–Kier alpha value is -3.30. The number of pyridine rings is 1. The van der Waals surface area contributed by atoms with Gasteiger partial charge in [0.1, 0.15) is 5.82 Å². The van der Waals surface area contributed by atoms with Gasteiger partial charge in [-0.05, 0) is 55.9 Å². The van der Waals surface area contributed by atoms with Gasteiger partial charge in [0, 0.05) is 30.9 Å². The number of halogens is 1. The molecule has 0 aliphatic carbocycles. The maximum Gasteiger partial charge on any atom is 0.257 e. The first-order chi connectivity index (χ1) is 16.6. The number of nitrogens with two attached hydrogens (primary N) is 1. The van der Waals surface area contributed by atoms with Crippen LogP contribution in [0, 0.1) is 12.7 Å². The summed E-state index contributed by atoms with van der Waals surface area (Å²) < 4.78 is 37.5. The Labute approximate surface area is 205 Å². The molecule has 35 heavy (non-hydrogen) atoms. The molecule has 0 radical (unpaired) electrons. The van der Waals surface area contributed by atoms with Crippen LogP contribution in [0.4, 0.5) is 10.1 Å². The highest BCUT2D eigenvalue weighted by molar-refractivity contribution is 7.89. The number of carbonyl (C=O) groups excluding carboxylic acids is 1. The third-order valence-corrected chi connectivity index (χ3v) is 7.51. The summed E-state index contributed by atoms with van der Waals surface area (Å²) >= 11 is 0. The van der Waals surface area contributed by atoms with Gasteiger partial charge in [0.05, 0.1) is 11.3 Å². The van der Waals surface area contributed by atoms with Crippen molar-refractivity contribution in [2.75, 3.05) is 18.4 Å². The summed E-state index contributed by atoms with van der Waals surface area (Å²) in [7, 11) is -4.07. The molecule has 1 atom stereocenters. The van der Waals surface area contributed by atoms with Crippen molar-refractivity contribution >= 4 is 21.6 Å². The van der Waals surface area contributed by atoms with Crippen molar-refractivity contribution in [2.24, 2.45) is 5.14 Å². The monoisotopic (exact) mass is 496 g/mol. The number of rotatable bonds is 6. The molecule has 4 rings (SSSR count). The molecule has 3 aromatic rings. The molecule has 2 heterocycles. The lowest BCUT2D eigenvalue weighted by Crippen LogP contribution is -2.38. The normalized spacial score (nSPS) is 15.6. The Morgan fingerprint density at radius 2 is 1.74 bits per heavy atom. The molecule has 0 saturated carbocycles. The Bertz CT molecular complexity index is 1310. The number of sulfonamides is 1. The number of nitrogens with one attached hydrogen (secondary N) is 1. The van der Waals surface area contributed by atoms with Gasteiger partial charge in [-0.3, -0.25) is 4.79 Å². The van der Waals surface area contributed by atoms with Gasteiger partial charge in [-0.1, -0.05) is 42.5 Å². The second-order valence-corrected chi connectivity index (χ2v) is 10.4. The second kappa shape index (κ2) is 10.1. The molecule has 1 aliphatic rings. The first-order valence-corrected chi connectivity index (χ1v) is 13.1. The van der Waals surface area contributed by atoms with Gasteiger partial charge in [0.15, 0.2) is 5.03 Å². The van der Waals surface area contributed by atoms with E-state index in [2.05, 4.69) is 10.3 Å². The summed E-state index contributed by atoms with van der Waals surface area (Å²) in [5.74, 6) is -0.237. The summed E-state index contributed by atoms with van der Waals surface area (Å²) in [5.41, 5.74) is 3.07. The molecule has 0 spiro atoms. The molecule has 1 aromatic heterocycles. The molecule has 2 aromatic carbocycles. The van der Waals surface area contributed by atoms with Gasteiger partial charge in [-0.2, -0.15) is 0 Å². The number of hydrogen-bond acceptors (Lipinski definition) is 5. The average Bonchev–Trinajstić information content (AvgIpc) is 2.85. The van der Waals surface area contributed by atoms with Crippen LogP contribution < -0.4 is 10.5 Å². The second-order valence-electron chi connectivity index (χ2n) is 8.92. The van der Waals surface area contributed by atoms with Crippen LogP contribution in [0.5, 0.6) is 0 Å². The molecule has 1 amide bonds. The van der Waals surface area contributed by atoms with Crippen molar-refractivity contribution in [3.05, 3.63) is 88.9 Å². The molecular formula is C26H29FN4O3S. The smallest absolute Gasteiger partial charge is 0.257 e. The minimum atomic E-state index is -4.07. The fourth-order valence-corrected chi connectivity index (χ4v) is 5.32. The maximum absolute atomic E-state index is 13.6. The maximum atomic E-state index is 13.6. The number of anilines is 1. The Balaban J connectivity index is 1.60. The van der Waals surface area contributed by atoms with E-state index < -0.39 is 10.0 Å². The van der Waals surface area contributed by atoms with Crippen molar-refractivity contribution < 1.29 is 17.6 Å². The minimum absolute atomic E-state index is 0.193. The minimum Gasteiger partial charge on any atom is -0.378 e. The number of carbonyl (C=O) groups is 1. The van der Waals surface area contributed by atoms with E-state index in [1.807, 2.05) is 37.3 Å². The number of likely N-dealkylation sites (tertiary alicyclic amines) is 1. The largest absolute Gasteiger partial charge is 0.378 e. The quantitative estimate of drug-likeness (QED) is 0.527. The van der Waals surface area contributed by atoms with Crippen LogP contribution in [0.15, 0.2) is 65.8 Å². The Morgan fingerprint density at radius 3 is 2.34 bits per heavy atom. The van der Waals surface area contributed by atoms with E-state index in [9.17, 15) is 17.6 Å². The summed E-state index contributed by atoms with van der Waals surface area (Å²) in [5, 5.41) is 8.45. The van der Waals surface area contributed by atoms with E-state index in [-0.39, 0.29) is 28.7 Å². The lowest BCUT2D eigenvalue weighted by atomic mass is 9.89. The predicted octanol–water partition coefficient (Wildman–Crippen LogP) is 4.37. The highest BCUT2D eigenvalue weighted by atomic mass is 32.2. The number of nitrogens with zero attached hydrogens (tertiary/aromatic N) is 2. The van der Waals surface area contributed by atoms with Crippen molar-refractivity contribution in [1.29, 1.82) is 0 Å². The van der Waals surface area contributed by atoms with Crippen molar-refractivity contribution in [1.82, 2.24) is 9.88 Å². The van der Waals surface area contributed by atoms with Crippen LogP contribution in [0.25, 0.3) is 0 Å². The van der Waals surface area contributed by atoms with E-state index in [0.29, 0.717) is 29.9 Å². The zero-order valence-corrected chi connectivity index (χ0v) is 20.6. The first kappa shape index (κ1) is 24.8. The van der Waals surface area contributed by atoms with Crippen LogP contribution in [-0.2, 0) is 10.0 Å². The molecule has 7 nitrogen and oxygen atoms in total. The highest BCUT2D eigenvalue weighted by Crippen LogP contribution is 2.32. The third-order valence-electron chi connectivity index (χ3n) is 6.56. The fraction of sp³-hybridized carbons (Fsp3) is 0.308. The fourth-order valence-electron chi connectivity index (χ4n) is 4.59. The SMILES string of the molecule is Cc1c(S(N)(=O)=O)ncc(C(=O)N2CCC(c3ccc(F)cc3)CC2)c1NC(C)c1ccccc1. The molecule has 1 unspecified atom stereocenters. The van der Waals surface area contributed by atoms with Gasteiger partial charge in [-0.25, -0.2) is 22.9 Å². The van der Waals surface area contributed by atoms with E-state index >= 15 is 0 Å². The van der Waals surface area contributed by atoms with E-state index in [4.69, 9.17) is 5.14 Å². The van der Waals surface area contributed by atoms with E-state index in [1.54, 1.807) is 24.0 Å². The lowest BCUT2D eigenvalue weighted by molar-refractivity contribution is 0.0713. The summed E-state index contributed by atoms with van der Waals surface area (Å²) in [6.45, 7) is 4.60. The van der Waals surface area contributed by atoms with Crippen LogP contribution in [0.2, 0.25) is 0 Å². The predicted molar refractivity (Wildman–Crippen MR) is 133 cm³/mol. The number of primary sulfonamides is 1. The summed E-state index contributed by atoms with van der Waals surface area (Å²) in [6.07, 6.45) is 2.80. The van der Waals surface area contributed by atoms with Crippen molar-refractivity contribution in [3.8, 4) is 0 Å². The molecule has 1 saturated heterocycles. The van der Waals surface area contributed by atoms with Crippen molar-refractivity contribution in [3.63, 3.8) is 0 Å². The number of hydrogen-bond donors (Lipinski definition) is 2. The number of amides is 1. The molecular weight excluding hydrogens is 467 g/mol. The van der Waals surface area contributed by atoms with Crippen molar-refractivity contribution in [2.45, 2.75) is 43.7 Å². The van der Waals surface area contributed by atoms with Crippen LogP contribution >= 0.6 is 0 Å². The van der Waals surface area contributed by atoms with E-state index in [1.165, 1.54) is 18.3 Å². The number of piperidine rings is 1. The molecule has 3 N–H and O–H groups in total. The van der Waals surface area contributed by atoms with Gasteiger partial charge < -0.3 is 10.2 Å². The topological polar surface area (TPSA) is 105 Å². The molecule has 1 fully saturated rings. The first-order valence-electron chi connectivity index (χ1n) is 11.5. The number of aromatic nitrogens is 1. The Kier molecular flexibility index (Phi) is 7.18. The molecule has 1 aliphatic heterocycles. The zero-order chi connectivity index (χ0) is 25.2. The van der Waals surface area contributed by atoms with Gasteiger partial charge in [0.2, 0.25) is 0 Å². The standard InChI is InChI=1S/C26H29FN4O3S/c1-17-24(30-18(2)19-6-4-3-5-7-19)23(16-29-25(17)35(28,33)34)26(32)31-14-12-21(13-15-31)20-8-10-22(27)11-9-20/h3-11,16,18,21H,12-15H2,1-2H3,(H,29,30)(H2,28,33,34). The van der Waals surface area contributed by atoms with Crippen LogP contribution in [0.1, 0.15) is 58.8 Å². The lowest BCUT2D eigenvalue weighted by Gasteiger charge is -2.33. The third kappa shape index (κ3) is 5.52. The Morgan fingerprint density at radius 1 is 1.11 bits per heavy atom. The van der Waals surface area contributed by atoms with Crippen LogP contribution in [-0.4, -0.2) is 37.3 Å². The molecule has 0 bridgehead atoms. The van der Waals surface area contributed by atoms with Gasteiger partial charge in [-0.15, -0.1) is 0 Å². The molecule has 9 heteroatoms. The zero-order valence-electron chi connectivity index (χ0n) is 19.7. The van der Waals surface area contributed by atoms with Gasteiger partial charge >= 0.3 is 0 Å². The van der Waals surface area contributed by atoms with E-state index in [0.717, 1.165) is 24.0 Å². The summed E-state index contributed by atoms with van der Waals surface area (Å²) in [6, 6.07) is 16.0.